The first-order valence-corrected chi connectivity index (χ1v) is 9.28. The topological polar surface area (TPSA) is 57.0 Å². The van der Waals surface area contributed by atoms with Crippen LogP contribution in [0.15, 0.2) is 42.5 Å². The van der Waals surface area contributed by atoms with E-state index in [1.165, 1.54) is 4.90 Å². The number of benzene rings is 2. The number of para-hydroxylation sites is 2. The van der Waals surface area contributed by atoms with Crippen LogP contribution in [0.5, 0.6) is 5.75 Å². The van der Waals surface area contributed by atoms with Crippen molar-refractivity contribution >= 4 is 28.9 Å². The Hall–Kier alpha value is -2.24. The van der Waals surface area contributed by atoms with Gasteiger partial charge in [0.05, 0.1) is 31.9 Å². The Kier molecular flexibility index (Phi) is 5.69. The van der Waals surface area contributed by atoms with Gasteiger partial charge in [-0.15, -0.1) is 0 Å². The van der Waals surface area contributed by atoms with Gasteiger partial charge in [-0.1, -0.05) is 29.8 Å². The number of carbonyl (C=O) groups is 1. The number of aromatic hydroxyl groups is 1. The van der Waals surface area contributed by atoms with Crippen molar-refractivity contribution in [1.82, 2.24) is 0 Å². The number of halogens is 1. The van der Waals surface area contributed by atoms with Gasteiger partial charge in [0.15, 0.2) is 6.04 Å². The number of hydrogen-bond donors (Lipinski definition) is 3. The molecule has 0 spiro atoms. The Labute approximate surface area is 159 Å². The number of rotatable bonds is 4. The number of anilines is 2. The van der Waals surface area contributed by atoms with Gasteiger partial charge in [-0.3, -0.25) is 4.79 Å². The molecule has 6 heteroatoms. The predicted molar refractivity (Wildman–Crippen MR) is 105 cm³/mol. The largest absolute Gasteiger partial charge is 0.506 e. The zero-order chi connectivity index (χ0) is 18.7. The van der Waals surface area contributed by atoms with Crippen molar-refractivity contribution in [2.45, 2.75) is 19.9 Å². The average molecular weight is 375 g/mol. The number of nitrogens with one attached hydrogen (secondary N) is 2. The molecule has 1 fully saturated rings. The molecular formula is C20H25ClN3O2+. The Morgan fingerprint density at radius 3 is 2.58 bits per heavy atom. The molecule has 1 atom stereocenters. The van der Waals surface area contributed by atoms with E-state index in [1.807, 2.05) is 50.2 Å². The van der Waals surface area contributed by atoms with Crippen LogP contribution < -0.4 is 15.1 Å². The summed E-state index contributed by atoms with van der Waals surface area (Å²) in [5.41, 5.74) is 2.51. The van der Waals surface area contributed by atoms with Crippen molar-refractivity contribution in [3.63, 3.8) is 0 Å². The summed E-state index contributed by atoms with van der Waals surface area (Å²) >= 11 is 6.13. The zero-order valence-corrected chi connectivity index (χ0v) is 15.9. The lowest BCUT2D eigenvalue weighted by atomic mass is 10.1. The predicted octanol–water partition coefficient (Wildman–Crippen LogP) is 2.09. The quantitative estimate of drug-likeness (QED) is 0.768. The van der Waals surface area contributed by atoms with Crippen LogP contribution in [0.3, 0.4) is 0 Å². The van der Waals surface area contributed by atoms with E-state index in [1.54, 1.807) is 6.07 Å². The number of carbonyl (C=O) groups excluding carboxylic acids is 1. The van der Waals surface area contributed by atoms with E-state index < -0.39 is 0 Å². The molecule has 0 aromatic heterocycles. The molecule has 1 aliphatic heterocycles. The number of phenols is 1. The number of hydrogen-bond acceptors (Lipinski definition) is 3. The Balaban J connectivity index is 1.59. The second-order valence-electron chi connectivity index (χ2n) is 6.76. The molecule has 1 heterocycles. The van der Waals surface area contributed by atoms with E-state index in [4.69, 9.17) is 11.6 Å². The summed E-state index contributed by atoms with van der Waals surface area (Å²) in [6, 6.07) is 12.8. The van der Waals surface area contributed by atoms with E-state index in [-0.39, 0.29) is 11.9 Å². The summed E-state index contributed by atoms with van der Waals surface area (Å²) in [6.45, 7) is 7.16. The fourth-order valence-electron chi connectivity index (χ4n) is 3.37. The Bertz CT molecular complexity index is 788. The highest BCUT2D eigenvalue weighted by Crippen LogP contribution is 2.26. The first kappa shape index (κ1) is 18.5. The maximum absolute atomic E-state index is 12.7. The van der Waals surface area contributed by atoms with Crippen molar-refractivity contribution < 1.29 is 14.8 Å². The molecule has 2 aromatic carbocycles. The van der Waals surface area contributed by atoms with Crippen LogP contribution in [0.2, 0.25) is 5.02 Å². The van der Waals surface area contributed by atoms with Gasteiger partial charge in [-0.25, -0.2) is 0 Å². The normalized spacial score (nSPS) is 16.3. The smallest absolute Gasteiger partial charge is 0.282 e. The van der Waals surface area contributed by atoms with Gasteiger partial charge < -0.3 is 20.2 Å². The van der Waals surface area contributed by atoms with Crippen LogP contribution in [-0.2, 0) is 4.79 Å². The van der Waals surface area contributed by atoms with Crippen LogP contribution in [0.25, 0.3) is 0 Å². The highest BCUT2D eigenvalue weighted by atomic mass is 35.5. The van der Waals surface area contributed by atoms with Crippen LogP contribution in [0, 0.1) is 6.92 Å². The minimum atomic E-state index is -0.153. The fourth-order valence-corrected chi connectivity index (χ4v) is 3.54. The molecule has 1 saturated heterocycles. The van der Waals surface area contributed by atoms with Crippen molar-refractivity contribution in [1.29, 1.82) is 0 Å². The van der Waals surface area contributed by atoms with Gasteiger partial charge in [0, 0.05) is 10.7 Å². The molecule has 138 valence electrons. The van der Waals surface area contributed by atoms with Gasteiger partial charge in [0.2, 0.25) is 0 Å². The first-order valence-electron chi connectivity index (χ1n) is 8.91. The highest BCUT2D eigenvalue weighted by Gasteiger charge is 2.30. The first-order chi connectivity index (χ1) is 12.5. The molecule has 1 aliphatic rings. The van der Waals surface area contributed by atoms with E-state index in [0.29, 0.717) is 10.8 Å². The van der Waals surface area contributed by atoms with E-state index in [9.17, 15) is 9.90 Å². The lowest BCUT2D eigenvalue weighted by Gasteiger charge is -2.36. The standard InChI is InChI=1S/C20H24ClN3O2/c1-14-16(21)6-5-7-17(14)22-20(26)15(2)23-10-12-24(13-11-23)18-8-3-4-9-19(18)25/h3-9,15,25H,10-13H2,1-2H3,(H,22,26)/p+1/t15-/m1/s1. The molecule has 0 bridgehead atoms. The third-order valence-electron chi connectivity index (χ3n) is 5.16. The summed E-state index contributed by atoms with van der Waals surface area (Å²) in [6.07, 6.45) is 0. The maximum Gasteiger partial charge on any atom is 0.282 e. The molecule has 3 rings (SSSR count). The molecule has 3 N–H and O–H groups in total. The Morgan fingerprint density at radius 2 is 1.88 bits per heavy atom. The van der Waals surface area contributed by atoms with Crippen LogP contribution in [0.4, 0.5) is 11.4 Å². The summed E-state index contributed by atoms with van der Waals surface area (Å²) in [5.74, 6) is 0.305. The average Bonchev–Trinajstić information content (AvgIpc) is 2.65. The summed E-state index contributed by atoms with van der Waals surface area (Å²) in [4.78, 5) is 16.1. The number of piperazine rings is 1. The summed E-state index contributed by atoms with van der Waals surface area (Å²) in [5, 5.41) is 13.7. The molecule has 1 amide bonds. The van der Waals surface area contributed by atoms with Crippen molar-refractivity contribution in [2.75, 3.05) is 36.4 Å². The van der Waals surface area contributed by atoms with Gasteiger partial charge >= 0.3 is 0 Å². The van der Waals surface area contributed by atoms with E-state index in [0.717, 1.165) is 43.1 Å². The van der Waals surface area contributed by atoms with Crippen LogP contribution >= 0.6 is 11.6 Å². The van der Waals surface area contributed by atoms with Gasteiger partial charge in [0.25, 0.3) is 5.91 Å². The maximum atomic E-state index is 12.7. The Morgan fingerprint density at radius 1 is 1.19 bits per heavy atom. The van der Waals surface area contributed by atoms with Gasteiger partial charge in [-0.05, 0) is 43.7 Å². The molecule has 2 aromatic rings. The molecule has 26 heavy (non-hydrogen) atoms. The molecule has 0 radical (unpaired) electrons. The van der Waals surface area contributed by atoms with Gasteiger partial charge in [-0.2, -0.15) is 0 Å². The third kappa shape index (κ3) is 3.94. The van der Waals surface area contributed by atoms with Crippen molar-refractivity contribution in [3.8, 4) is 5.75 Å². The second kappa shape index (κ2) is 7.98. The number of nitrogens with zero attached hydrogens (tertiary/aromatic N) is 1. The van der Waals surface area contributed by atoms with Crippen LogP contribution in [-0.4, -0.2) is 43.2 Å². The molecule has 0 unspecified atom stereocenters. The number of quaternary nitrogens is 1. The third-order valence-corrected chi connectivity index (χ3v) is 5.57. The number of phenolic OH excluding ortho intramolecular Hbond substituents is 1. The highest BCUT2D eigenvalue weighted by molar-refractivity contribution is 6.31. The monoisotopic (exact) mass is 374 g/mol. The van der Waals surface area contributed by atoms with Crippen molar-refractivity contribution in [3.05, 3.63) is 53.1 Å². The SMILES string of the molecule is Cc1c(Cl)cccc1NC(=O)[C@@H](C)[NH+]1CCN(c2ccccc2O)CC1. The second-order valence-corrected chi connectivity index (χ2v) is 7.16. The zero-order valence-electron chi connectivity index (χ0n) is 15.1. The molecular weight excluding hydrogens is 350 g/mol. The van der Waals surface area contributed by atoms with Crippen LogP contribution in [0.1, 0.15) is 12.5 Å². The molecule has 0 saturated carbocycles. The number of amides is 1. The van der Waals surface area contributed by atoms with Crippen molar-refractivity contribution in [2.24, 2.45) is 0 Å². The minimum Gasteiger partial charge on any atom is -0.506 e. The lowest BCUT2D eigenvalue weighted by molar-refractivity contribution is -0.914. The minimum absolute atomic E-state index is 0.00127. The summed E-state index contributed by atoms with van der Waals surface area (Å²) in [7, 11) is 0. The van der Waals surface area contributed by atoms with E-state index >= 15 is 0 Å². The summed E-state index contributed by atoms with van der Waals surface area (Å²) < 4.78 is 0. The van der Waals surface area contributed by atoms with Gasteiger partial charge in [0.1, 0.15) is 5.75 Å². The fraction of sp³-hybridized carbons (Fsp3) is 0.350. The van der Waals surface area contributed by atoms with E-state index in [2.05, 4.69) is 10.2 Å². The molecule has 0 aliphatic carbocycles. The lowest BCUT2D eigenvalue weighted by Crippen LogP contribution is -3.19. The molecule has 5 nitrogen and oxygen atoms in total.